The van der Waals surface area contributed by atoms with Crippen molar-refractivity contribution < 1.29 is 9.53 Å². The highest BCUT2D eigenvalue weighted by molar-refractivity contribution is 5.66. The molecule has 0 aliphatic rings. The van der Waals surface area contributed by atoms with E-state index in [0.29, 0.717) is 6.54 Å². The molecule has 1 aromatic heterocycles. The van der Waals surface area contributed by atoms with E-state index in [-0.39, 0.29) is 6.09 Å². The molecule has 13 heavy (non-hydrogen) atoms. The van der Waals surface area contributed by atoms with Gasteiger partial charge < -0.3 is 9.64 Å². The van der Waals surface area contributed by atoms with E-state index in [1.165, 1.54) is 12.0 Å². The van der Waals surface area contributed by atoms with Gasteiger partial charge in [-0.2, -0.15) is 5.10 Å². The van der Waals surface area contributed by atoms with Gasteiger partial charge in [-0.05, 0) is 0 Å². The van der Waals surface area contributed by atoms with E-state index in [0.717, 1.165) is 5.56 Å². The first kappa shape index (κ1) is 9.57. The summed E-state index contributed by atoms with van der Waals surface area (Å²) in [7, 11) is 4.88. The molecule has 0 aliphatic carbocycles. The lowest BCUT2D eigenvalue weighted by atomic mass is 10.3. The molecule has 0 radical (unpaired) electrons. The van der Waals surface area contributed by atoms with E-state index in [9.17, 15) is 4.79 Å². The summed E-state index contributed by atoms with van der Waals surface area (Å²) in [6.07, 6.45) is 3.24. The normalized spacial score (nSPS) is 9.77. The standard InChI is InChI=1S/C8H13N3O2/c1-10(8(12)13-3)5-7-4-9-11(2)6-7/h4,6H,5H2,1-3H3. The average Bonchev–Trinajstić information content (AvgIpc) is 2.49. The SMILES string of the molecule is COC(=O)N(C)Cc1cnn(C)c1. The van der Waals surface area contributed by atoms with Crippen LogP contribution in [0.1, 0.15) is 5.56 Å². The van der Waals surface area contributed by atoms with Gasteiger partial charge in [-0.25, -0.2) is 4.79 Å². The molecule has 1 rings (SSSR count). The number of aromatic nitrogens is 2. The van der Waals surface area contributed by atoms with Crippen molar-refractivity contribution in [3.63, 3.8) is 0 Å². The zero-order valence-electron chi connectivity index (χ0n) is 8.02. The highest BCUT2D eigenvalue weighted by Gasteiger charge is 2.08. The number of carbonyl (C=O) groups excluding carboxylic acids is 1. The molecule has 5 nitrogen and oxygen atoms in total. The first-order valence-corrected chi connectivity index (χ1v) is 3.90. The Morgan fingerprint density at radius 2 is 2.46 bits per heavy atom. The molecule has 1 amide bonds. The highest BCUT2D eigenvalue weighted by atomic mass is 16.5. The lowest BCUT2D eigenvalue weighted by molar-refractivity contribution is 0.131. The van der Waals surface area contributed by atoms with Crippen molar-refractivity contribution in [3.05, 3.63) is 18.0 Å². The first-order chi connectivity index (χ1) is 6.13. The number of amides is 1. The minimum Gasteiger partial charge on any atom is -0.453 e. The molecule has 0 spiro atoms. The Morgan fingerprint density at radius 3 is 2.92 bits per heavy atom. The third-order valence-electron chi connectivity index (χ3n) is 1.66. The van der Waals surface area contributed by atoms with Gasteiger partial charge in [-0.15, -0.1) is 0 Å². The molecule has 1 heterocycles. The molecular formula is C8H13N3O2. The summed E-state index contributed by atoms with van der Waals surface area (Å²) in [5.41, 5.74) is 0.982. The van der Waals surface area contributed by atoms with Crippen LogP contribution in [0, 0.1) is 0 Å². The summed E-state index contributed by atoms with van der Waals surface area (Å²) >= 11 is 0. The van der Waals surface area contributed by atoms with Crippen molar-refractivity contribution in [1.82, 2.24) is 14.7 Å². The number of hydrogen-bond acceptors (Lipinski definition) is 3. The maximum atomic E-state index is 11.0. The third-order valence-corrected chi connectivity index (χ3v) is 1.66. The van der Waals surface area contributed by atoms with Crippen LogP contribution in [-0.4, -0.2) is 34.9 Å². The van der Waals surface area contributed by atoms with Crippen LogP contribution in [-0.2, 0) is 18.3 Å². The zero-order chi connectivity index (χ0) is 9.84. The van der Waals surface area contributed by atoms with E-state index in [1.54, 1.807) is 17.9 Å². The smallest absolute Gasteiger partial charge is 0.409 e. The van der Waals surface area contributed by atoms with Crippen LogP contribution in [0.15, 0.2) is 12.4 Å². The molecular weight excluding hydrogens is 170 g/mol. The van der Waals surface area contributed by atoms with Gasteiger partial charge >= 0.3 is 6.09 Å². The second-order valence-electron chi connectivity index (χ2n) is 2.85. The van der Waals surface area contributed by atoms with Crippen molar-refractivity contribution in [2.75, 3.05) is 14.2 Å². The van der Waals surface area contributed by atoms with E-state index < -0.39 is 0 Å². The minimum atomic E-state index is -0.344. The van der Waals surface area contributed by atoms with Gasteiger partial charge in [0.05, 0.1) is 19.9 Å². The Morgan fingerprint density at radius 1 is 1.77 bits per heavy atom. The largest absolute Gasteiger partial charge is 0.453 e. The topological polar surface area (TPSA) is 47.4 Å². The Kier molecular flexibility index (Phi) is 2.89. The molecule has 0 N–H and O–H groups in total. The molecule has 0 atom stereocenters. The van der Waals surface area contributed by atoms with Crippen LogP contribution in [0.5, 0.6) is 0 Å². The minimum absolute atomic E-state index is 0.344. The van der Waals surface area contributed by atoms with Crippen LogP contribution >= 0.6 is 0 Å². The molecule has 0 aromatic carbocycles. The van der Waals surface area contributed by atoms with Gasteiger partial charge in [0.25, 0.3) is 0 Å². The van der Waals surface area contributed by atoms with Crippen molar-refractivity contribution in [3.8, 4) is 0 Å². The van der Waals surface area contributed by atoms with Crippen LogP contribution in [0.25, 0.3) is 0 Å². The number of carbonyl (C=O) groups is 1. The van der Waals surface area contributed by atoms with Crippen molar-refractivity contribution in [2.45, 2.75) is 6.54 Å². The van der Waals surface area contributed by atoms with Gasteiger partial charge in [0.15, 0.2) is 0 Å². The molecule has 1 aromatic rings. The number of nitrogens with zero attached hydrogens (tertiary/aromatic N) is 3. The van der Waals surface area contributed by atoms with E-state index in [4.69, 9.17) is 0 Å². The summed E-state index contributed by atoms with van der Waals surface area (Å²) in [5, 5.41) is 3.99. The number of aryl methyl sites for hydroxylation is 1. The van der Waals surface area contributed by atoms with Gasteiger partial charge in [0, 0.05) is 25.9 Å². The van der Waals surface area contributed by atoms with Gasteiger partial charge in [0.1, 0.15) is 0 Å². The number of ether oxygens (including phenoxy) is 1. The van der Waals surface area contributed by atoms with E-state index >= 15 is 0 Å². The summed E-state index contributed by atoms with van der Waals surface area (Å²) in [6, 6.07) is 0. The van der Waals surface area contributed by atoms with Crippen molar-refractivity contribution in [2.24, 2.45) is 7.05 Å². The molecule has 0 fully saturated rings. The quantitative estimate of drug-likeness (QED) is 0.675. The molecule has 0 saturated heterocycles. The predicted octanol–water partition coefficient (Wildman–Crippen LogP) is 0.618. The zero-order valence-corrected chi connectivity index (χ0v) is 8.02. The summed E-state index contributed by atoms with van der Waals surface area (Å²) < 4.78 is 6.25. The average molecular weight is 183 g/mol. The van der Waals surface area contributed by atoms with Crippen LogP contribution in [0.3, 0.4) is 0 Å². The van der Waals surface area contributed by atoms with Crippen molar-refractivity contribution in [1.29, 1.82) is 0 Å². The second kappa shape index (κ2) is 3.93. The number of rotatable bonds is 2. The number of hydrogen-bond donors (Lipinski definition) is 0. The van der Waals surface area contributed by atoms with Gasteiger partial charge in [-0.1, -0.05) is 0 Å². The second-order valence-corrected chi connectivity index (χ2v) is 2.85. The Balaban J connectivity index is 2.54. The lowest BCUT2D eigenvalue weighted by Crippen LogP contribution is -2.25. The predicted molar refractivity (Wildman–Crippen MR) is 47.1 cm³/mol. The molecule has 0 unspecified atom stereocenters. The fraction of sp³-hybridized carbons (Fsp3) is 0.500. The molecule has 72 valence electrons. The fourth-order valence-electron chi connectivity index (χ4n) is 1.05. The first-order valence-electron chi connectivity index (χ1n) is 3.90. The summed E-state index contributed by atoms with van der Waals surface area (Å²) in [5.74, 6) is 0. The van der Waals surface area contributed by atoms with Crippen LogP contribution in [0.4, 0.5) is 4.79 Å². The Bertz CT molecular complexity index is 295. The Labute approximate surface area is 76.9 Å². The summed E-state index contributed by atoms with van der Waals surface area (Å²) in [6.45, 7) is 0.514. The summed E-state index contributed by atoms with van der Waals surface area (Å²) in [4.78, 5) is 12.5. The fourth-order valence-corrected chi connectivity index (χ4v) is 1.05. The lowest BCUT2D eigenvalue weighted by Gasteiger charge is -2.13. The van der Waals surface area contributed by atoms with Crippen LogP contribution < -0.4 is 0 Å². The number of methoxy groups -OCH3 is 1. The molecule has 0 bridgehead atoms. The Hall–Kier alpha value is -1.52. The van der Waals surface area contributed by atoms with Crippen LogP contribution in [0.2, 0.25) is 0 Å². The molecule has 0 saturated carbocycles. The maximum absolute atomic E-state index is 11.0. The molecule has 0 aliphatic heterocycles. The van der Waals surface area contributed by atoms with E-state index in [2.05, 4.69) is 9.84 Å². The highest BCUT2D eigenvalue weighted by Crippen LogP contribution is 2.01. The van der Waals surface area contributed by atoms with Crippen molar-refractivity contribution >= 4 is 6.09 Å². The van der Waals surface area contributed by atoms with E-state index in [1.807, 2.05) is 13.2 Å². The molecule has 5 heteroatoms. The monoisotopic (exact) mass is 183 g/mol. The van der Waals surface area contributed by atoms with Gasteiger partial charge in [-0.3, -0.25) is 4.68 Å². The maximum Gasteiger partial charge on any atom is 0.409 e. The third kappa shape index (κ3) is 2.47. The van der Waals surface area contributed by atoms with Gasteiger partial charge in [0.2, 0.25) is 0 Å².